The van der Waals surface area contributed by atoms with Crippen LogP contribution in [-0.4, -0.2) is 36.9 Å². The maximum atomic E-state index is 13.3. The minimum Gasteiger partial charge on any atom is -0.347 e. The Kier molecular flexibility index (Phi) is 7.55. The van der Waals surface area contributed by atoms with Crippen LogP contribution in [0, 0.1) is 5.41 Å². The van der Waals surface area contributed by atoms with Crippen LogP contribution in [0.3, 0.4) is 0 Å². The number of allylic oxidation sites excluding steroid dienone is 1. The fourth-order valence-electron chi connectivity index (χ4n) is 4.43. The molecule has 0 saturated heterocycles. The highest BCUT2D eigenvalue weighted by molar-refractivity contribution is 6.29. The summed E-state index contributed by atoms with van der Waals surface area (Å²) in [4.78, 5) is 27.7. The third kappa shape index (κ3) is 5.76. The van der Waals surface area contributed by atoms with E-state index in [1.54, 1.807) is 14.1 Å². The summed E-state index contributed by atoms with van der Waals surface area (Å²) in [6, 6.07) is 17.7. The Morgan fingerprint density at radius 1 is 1.03 bits per heavy atom. The number of likely N-dealkylation sites (N-methyl/N-ethyl adjacent to an activating group) is 1. The zero-order valence-corrected chi connectivity index (χ0v) is 19.1. The van der Waals surface area contributed by atoms with Crippen molar-refractivity contribution in [3.05, 3.63) is 71.8 Å². The Labute approximate surface area is 190 Å². The first kappa shape index (κ1) is 23.1. The Bertz CT molecular complexity index is 916. The van der Waals surface area contributed by atoms with Gasteiger partial charge in [0.2, 0.25) is 11.8 Å². The van der Waals surface area contributed by atoms with E-state index in [0.29, 0.717) is 17.9 Å². The number of nitrogens with one attached hydrogen (secondary N) is 1. The lowest BCUT2D eigenvalue weighted by Gasteiger charge is -2.31. The summed E-state index contributed by atoms with van der Waals surface area (Å²) >= 11 is 6.09. The third-order valence-corrected chi connectivity index (χ3v) is 6.25. The van der Waals surface area contributed by atoms with E-state index in [1.165, 1.54) is 4.90 Å². The minimum atomic E-state index is -0.619. The topological polar surface area (TPSA) is 49.4 Å². The normalized spacial score (nSPS) is 15.8. The average Bonchev–Trinajstić information content (AvgIpc) is 3.23. The standard InChI is InChI=1S/C26H31ClN2O2/c1-19(27)18-26(15-7-8-16-26)25(31)28-23(24(30)29(2)3)17-20-11-13-22(14-12-20)21-9-5-4-6-10-21/h4-6,9-14,23H,1,7-8,15-18H2,2-3H3,(H,28,31). The molecule has 1 unspecified atom stereocenters. The highest BCUT2D eigenvalue weighted by Gasteiger charge is 2.42. The highest BCUT2D eigenvalue weighted by atomic mass is 35.5. The lowest BCUT2D eigenvalue weighted by Crippen LogP contribution is -2.51. The summed E-state index contributed by atoms with van der Waals surface area (Å²) < 4.78 is 0. The van der Waals surface area contributed by atoms with E-state index in [9.17, 15) is 9.59 Å². The van der Waals surface area contributed by atoms with E-state index < -0.39 is 11.5 Å². The minimum absolute atomic E-state index is 0.0899. The van der Waals surface area contributed by atoms with Crippen molar-refractivity contribution in [2.24, 2.45) is 5.41 Å². The van der Waals surface area contributed by atoms with Gasteiger partial charge in [-0.25, -0.2) is 0 Å². The molecule has 31 heavy (non-hydrogen) atoms. The van der Waals surface area contributed by atoms with Crippen LogP contribution in [0.5, 0.6) is 0 Å². The second kappa shape index (κ2) is 10.1. The van der Waals surface area contributed by atoms with Crippen molar-refractivity contribution in [3.63, 3.8) is 0 Å². The first-order valence-corrected chi connectivity index (χ1v) is 11.2. The smallest absolute Gasteiger partial charge is 0.244 e. The predicted octanol–water partition coefficient (Wildman–Crippen LogP) is 5.17. The zero-order chi connectivity index (χ0) is 22.4. The number of carbonyl (C=O) groups is 2. The van der Waals surface area contributed by atoms with Crippen LogP contribution in [0.25, 0.3) is 11.1 Å². The molecule has 2 aromatic carbocycles. The van der Waals surface area contributed by atoms with Crippen LogP contribution in [0.2, 0.25) is 0 Å². The molecule has 0 bridgehead atoms. The average molecular weight is 439 g/mol. The molecular weight excluding hydrogens is 408 g/mol. The van der Waals surface area contributed by atoms with E-state index in [2.05, 4.69) is 36.2 Å². The number of benzene rings is 2. The molecule has 1 saturated carbocycles. The number of halogens is 1. The van der Waals surface area contributed by atoms with E-state index in [4.69, 9.17) is 11.6 Å². The molecule has 2 amide bonds. The van der Waals surface area contributed by atoms with Crippen molar-refractivity contribution in [3.8, 4) is 11.1 Å². The van der Waals surface area contributed by atoms with Gasteiger partial charge in [-0.2, -0.15) is 0 Å². The Morgan fingerprint density at radius 2 is 1.61 bits per heavy atom. The van der Waals surface area contributed by atoms with Gasteiger partial charge in [0, 0.05) is 25.5 Å². The van der Waals surface area contributed by atoms with Gasteiger partial charge in [0.1, 0.15) is 6.04 Å². The van der Waals surface area contributed by atoms with Crippen molar-refractivity contribution in [1.82, 2.24) is 10.2 Å². The lowest BCUT2D eigenvalue weighted by molar-refractivity contribution is -0.138. The summed E-state index contributed by atoms with van der Waals surface area (Å²) in [6.07, 6.45) is 4.43. The van der Waals surface area contributed by atoms with Gasteiger partial charge < -0.3 is 10.2 Å². The predicted molar refractivity (Wildman–Crippen MR) is 127 cm³/mol. The molecule has 1 atom stereocenters. The van der Waals surface area contributed by atoms with Crippen LogP contribution in [0.15, 0.2) is 66.2 Å². The number of amides is 2. The monoisotopic (exact) mass is 438 g/mol. The zero-order valence-electron chi connectivity index (χ0n) is 18.4. The molecule has 4 nitrogen and oxygen atoms in total. The lowest BCUT2D eigenvalue weighted by atomic mass is 9.81. The van der Waals surface area contributed by atoms with Gasteiger partial charge in [-0.15, -0.1) is 0 Å². The molecule has 1 fully saturated rings. The van der Waals surface area contributed by atoms with E-state index in [-0.39, 0.29) is 11.8 Å². The van der Waals surface area contributed by atoms with Crippen molar-refractivity contribution >= 4 is 23.4 Å². The molecule has 3 rings (SSSR count). The second-order valence-electron chi connectivity index (χ2n) is 8.71. The van der Waals surface area contributed by atoms with Gasteiger partial charge in [0.05, 0.1) is 5.41 Å². The van der Waals surface area contributed by atoms with Crippen LogP contribution < -0.4 is 5.32 Å². The van der Waals surface area contributed by atoms with Gasteiger partial charge in [-0.3, -0.25) is 9.59 Å². The Balaban J connectivity index is 1.77. The molecule has 0 aliphatic heterocycles. The van der Waals surface area contributed by atoms with E-state index >= 15 is 0 Å². The first-order valence-electron chi connectivity index (χ1n) is 10.8. The van der Waals surface area contributed by atoms with E-state index in [1.807, 2.05) is 30.3 Å². The summed E-state index contributed by atoms with van der Waals surface area (Å²) in [7, 11) is 3.43. The number of rotatable bonds is 8. The van der Waals surface area contributed by atoms with Gasteiger partial charge in [0.25, 0.3) is 0 Å². The van der Waals surface area contributed by atoms with Crippen molar-refractivity contribution < 1.29 is 9.59 Å². The summed E-state index contributed by atoms with van der Waals surface area (Å²) in [5, 5.41) is 3.54. The molecular formula is C26H31ClN2O2. The molecule has 2 aromatic rings. The number of hydrogen-bond donors (Lipinski definition) is 1. The third-order valence-electron chi connectivity index (χ3n) is 6.12. The summed E-state index contributed by atoms with van der Waals surface area (Å²) in [5.74, 6) is -0.203. The molecule has 164 valence electrons. The molecule has 5 heteroatoms. The highest BCUT2D eigenvalue weighted by Crippen LogP contribution is 2.43. The summed E-state index contributed by atoms with van der Waals surface area (Å²) in [6.45, 7) is 3.80. The van der Waals surface area contributed by atoms with Crippen LogP contribution in [0.4, 0.5) is 0 Å². The van der Waals surface area contributed by atoms with Crippen molar-refractivity contribution in [2.45, 2.75) is 44.6 Å². The van der Waals surface area contributed by atoms with E-state index in [0.717, 1.165) is 42.4 Å². The number of nitrogens with zero attached hydrogens (tertiary/aromatic N) is 1. The van der Waals surface area contributed by atoms with Crippen LogP contribution >= 0.6 is 11.6 Å². The maximum Gasteiger partial charge on any atom is 0.244 e. The largest absolute Gasteiger partial charge is 0.347 e. The number of hydrogen-bond acceptors (Lipinski definition) is 2. The van der Waals surface area contributed by atoms with Gasteiger partial charge in [-0.05, 0) is 36.0 Å². The van der Waals surface area contributed by atoms with Gasteiger partial charge >= 0.3 is 0 Å². The van der Waals surface area contributed by atoms with Crippen LogP contribution in [-0.2, 0) is 16.0 Å². The molecule has 0 heterocycles. The van der Waals surface area contributed by atoms with Crippen LogP contribution in [0.1, 0.15) is 37.7 Å². The molecule has 0 radical (unpaired) electrons. The molecule has 0 spiro atoms. The van der Waals surface area contributed by atoms with Gasteiger partial charge in [-0.1, -0.05) is 85.6 Å². The molecule has 0 aromatic heterocycles. The first-order chi connectivity index (χ1) is 14.8. The van der Waals surface area contributed by atoms with Gasteiger partial charge in [0.15, 0.2) is 0 Å². The SMILES string of the molecule is C=C(Cl)CC1(C(=O)NC(Cc2ccc(-c3ccccc3)cc2)C(=O)N(C)C)CCCC1. The Morgan fingerprint density at radius 3 is 2.16 bits per heavy atom. The Hall–Kier alpha value is -2.59. The van der Waals surface area contributed by atoms with Crippen molar-refractivity contribution in [1.29, 1.82) is 0 Å². The molecule has 1 N–H and O–H groups in total. The molecule has 1 aliphatic rings. The fraction of sp³-hybridized carbons (Fsp3) is 0.385. The van der Waals surface area contributed by atoms with Crippen molar-refractivity contribution in [2.75, 3.05) is 14.1 Å². The quantitative estimate of drug-likeness (QED) is 0.617. The fourth-order valence-corrected chi connectivity index (χ4v) is 4.68. The summed E-state index contributed by atoms with van der Waals surface area (Å²) in [5.41, 5.74) is 2.71. The molecule has 1 aliphatic carbocycles. The maximum absolute atomic E-state index is 13.3. The number of carbonyl (C=O) groups excluding carboxylic acids is 2. The second-order valence-corrected chi connectivity index (χ2v) is 9.24.